The van der Waals surface area contributed by atoms with E-state index in [-0.39, 0.29) is 5.56 Å². The van der Waals surface area contributed by atoms with Gasteiger partial charge in [-0.2, -0.15) is 11.8 Å². The van der Waals surface area contributed by atoms with Crippen molar-refractivity contribution in [2.75, 3.05) is 23.9 Å². The summed E-state index contributed by atoms with van der Waals surface area (Å²) in [6, 6.07) is 4.83. The predicted molar refractivity (Wildman–Crippen MR) is 78.0 cm³/mol. The molecule has 0 aliphatic carbocycles. The van der Waals surface area contributed by atoms with Crippen molar-refractivity contribution in [1.29, 1.82) is 0 Å². The van der Waals surface area contributed by atoms with Gasteiger partial charge in [-0.1, -0.05) is 0 Å². The fraction of sp³-hybridized carbons (Fsp3) is 0.308. The zero-order valence-corrected chi connectivity index (χ0v) is 11.4. The maximum atomic E-state index is 10.9. The number of carboxylic acids is 1. The number of benzene rings is 1. The predicted octanol–water partition coefficient (Wildman–Crippen LogP) is 2.49. The summed E-state index contributed by atoms with van der Waals surface area (Å²) in [5.41, 5.74) is 0.990. The normalized spacial score (nSPS) is 10.6. The molecule has 6 heteroatoms. The molecule has 0 radical (unpaired) electrons. The molecule has 5 nitrogen and oxygen atoms in total. The van der Waals surface area contributed by atoms with Gasteiger partial charge >= 0.3 is 5.97 Å². The highest BCUT2D eigenvalue weighted by Gasteiger charge is 2.05. The SMILES string of the molecule is CSCCCNc1ncc2cc(C(=O)O)ccc2n1. The largest absolute Gasteiger partial charge is 0.478 e. The molecule has 2 rings (SSSR count). The molecule has 2 N–H and O–H groups in total. The van der Waals surface area contributed by atoms with E-state index in [1.165, 1.54) is 0 Å². The number of aromatic carboxylic acids is 1. The molecule has 1 aromatic heterocycles. The highest BCUT2D eigenvalue weighted by molar-refractivity contribution is 7.98. The molecule has 0 aliphatic rings. The van der Waals surface area contributed by atoms with E-state index in [1.807, 2.05) is 11.8 Å². The lowest BCUT2D eigenvalue weighted by atomic mass is 10.1. The summed E-state index contributed by atoms with van der Waals surface area (Å²) in [6.45, 7) is 0.833. The number of aromatic nitrogens is 2. The van der Waals surface area contributed by atoms with Gasteiger partial charge in [-0.05, 0) is 36.6 Å². The maximum absolute atomic E-state index is 10.9. The minimum Gasteiger partial charge on any atom is -0.478 e. The van der Waals surface area contributed by atoms with E-state index >= 15 is 0 Å². The highest BCUT2D eigenvalue weighted by Crippen LogP contribution is 2.15. The maximum Gasteiger partial charge on any atom is 0.335 e. The number of anilines is 1. The molecule has 0 saturated heterocycles. The number of carboxylic acid groups (broad SMARTS) is 1. The fourth-order valence-electron chi connectivity index (χ4n) is 1.67. The average molecular weight is 277 g/mol. The van der Waals surface area contributed by atoms with Crippen LogP contribution in [0.15, 0.2) is 24.4 Å². The Morgan fingerprint density at radius 2 is 2.32 bits per heavy atom. The number of fused-ring (bicyclic) bond motifs is 1. The van der Waals surface area contributed by atoms with Crippen LogP contribution in [0.25, 0.3) is 10.9 Å². The van der Waals surface area contributed by atoms with Crippen LogP contribution in [0.5, 0.6) is 0 Å². The number of hydrogen-bond donors (Lipinski definition) is 2. The van der Waals surface area contributed by atoms with E-state index in [9.17, 15) is 4.79 Å². The molecular formula is C13H15N3O2S. The second kappa shape index (κ2) is 6.38. The van der Waals surface area contributed by atoms with Gasteiger partial charge in [0.2, 0.25) is 5.95 Å². The van der Waals surface area contributed by atoms with E-state index in [4.69, 9.17) is 5.11 Å². The van der Waals surface area contributed by atoms with E-state index < -0.39 is 5.97 Å². The molecule has 19 heavy (non-hydrogen) atoms. The van der Waals surface area contributed by atoms with Crippen LogP contribution < -0.4 is 5.32 Å². The minimum absolute atomic E-state index is 0.247. The highest BCUT2D eigenvalue weighted by atomic mass is 32.2. The summed E-state index contributed by atoms with van der Waals surface area (Å²) in [4.78, 5) is 19.4. The molecule has 1 aromatic carbocycles. The van der Waals surface area contributed by atoms with Crippen LogP contribution >= 0.6 is 11.8 Å². The number of carbonyl (C=O) groups is 1. The average Bonchev–Trinajstić information content (AvgIpc) is 2.43. The number of hydrogen-bond acceptors (Lipinski definition) is 5. The molecule has 2 aromatic rings. The third kappa shape index (κ3) is 3.57. The van der Waals surface area contributed by atoms with Gasteiger partial charge in [0, 0.05) is 18.1 Å². The van der Waals surface area contributed by atoms with Crippen molar-refractivity contribution in [2.45, 2.75) is 6.42 Å². The lowest BCUT2D eigenvalue weighted by molar-refractivity contribution is 0.0697. The Bertz CT molecular complexity index is 589. The summed E-state index contributed by atoms with van der Waals surface area (Å²) in [6.07, 6.45) is 4.78. The Labute approximate surface area is 115 Å². The standard InChI is InChI=1S/C13H15N3O2S/c1-19-6-2-5-14-13-15-8-10-7-9(12(17)18)3-4-11(10)16-13/h3-4,7-8H,2,5-6H2,1H3,(H,17,18)(H,14,15,16). The molecule has 0 fully saturated rings. The Balaban J connectivity index is 2.12. The molecule has 100 valence electrons. The van der Waals surface area contributed by atoms with Crippen molar-refractivity contribution in [1.82, 2.24) is 9.97 Å². The molecule has 0 saturated carbocycles. The van der Waals surface area contributed by atoms with Gasteiger partial charge < -0.3 is 10.4 Å². The van der Waals surface area contributed by atoms with Crippen molar-refractivity contribution in [2.24, 2.45) is 0 Å². The van der Waals surface area contributed by atoms with Gasteiger partial charge in [-0.3, -0.25) is 0 Å². The zero-order valence-electron chi connectivity index (χ0n) is 10.6. The first kappa shape index (κ1) is 13.6. The van der Waals surface area contributed by atoms with Gasteiger partial charge in [-0.15, -0.1) is 0 Å². The lowest BCUT2D eigenvalue weighted by Crippen LogP contribution is -2.06. The first-order valence-electron chi connectivity index (χ1n) is 5.93. The van der Waals surface area contributed by atoms with E-state index in [0.717, 1.165) is 29.6 Å². The molecule has 0 unspecified atom stereocenters. The van der Waals surface area contributed by atoms with Crippen molar-refractivity contribution >= 4 is 34.6 Å². The fourth-order valence-corrected chi connectivity index (χ4v) is 2.10. The molecule has 0 aliphatic heterocycles. The first-order valence-corrected chi connectivity index (χ1v) is 7.33. The Morgan fingerprint density at radius 3 is 3.05 bits per heavy atom. The molecule has 0 bridgehead atoms. The first-order chi connectivity index (χ1) is 9.20. The van der Waals surface area contributed by atoms with Gasteiger partial charge in [0.25, 0.3) is 0 Å². The molecular weight excluding hydrogens is 262 g/mol. The topological polar surface area (TPSA) is 75.1 Å². The van der Waals surface area contributed by atoms with Crippen molar-refractivity contribution < 1.29 is 9.90 Å². The van der Waals surface area contributed by atoms with Gasteiger partial charge in [0.15, 0.2) is 0 Å². The van der Waals surface area contributed by atoms with Crippen LogP contribution in [0.2, 0.25) is 0 Å². The number of rotatable bonds is 6. The Hall–Kier alpha value is -1.82. The smallest absolute Gasteiger partial charge is 0.335 e. The van der Waals surface area contributed by atoms with Crippen molar-refractivity contribution in [3.63, 3.8) is 0 Å². The molecule has 0 amide bonds. The third-order valence-electron chi connectivity index (χ3n) is 2.64. The van der Waals surface area contributed by atoms with Crippen LogP contribution in [0.4, 0.5) is 5.95 Å². The van der Waals surface area contributed by atoms with E-state index in [1.54, 1.807) is 24.4 Å². The third-order valence-corrected chi connectivity index (χ3v) is 3.33. The Kier molecular flexibility index (Phi) is 4.57. The van der Waals surface area contributed by atoms with Gasteiger partial charge in [0.05, 0.1) is 11.1 Å². The molecule has 1 heterocycles. The number of nitrogens with zero attached hydrogens (tertiary/aromatic N) is 2. The van der Waals surface area contributed by atoms with E-state index in [0.29, 0.717) is 5.95 Å². The van der Waals surface area contributed by atoms with Crippen LogP contribution in [0.3, 0.4) is 0 Å². The number of nitrogens with one attached hydrogen (secondary N) is 1. The van der Waals surface area contributed by atoms with Gasteiger partial charge in [-0.25, -0.2) is 14.8 Å². The monoisotopic (exact) mass is 277 g/mol. The van der Waals surface area contributed by atoms with Crippen molar-refractivity contribution in [3.8, 4) is 0 Å². The summed E-state index contributed by atoms with van der Waals surface area (Å²) < 4.78 is 0. The second-order valence-corrected chi connectivity index (χ2v) is 5.03. The minimum atomic E-state index is -0.943. The Morgan fingerprint density at radius 1 is 1.47 bits per heavy atom. The molecule has 0 atom stereocenters. The second-order valence-electron chi connectivity index (χ2n) is 4.05. The number of thioether (sulfide) groups is 1. The van der Waals surface area contributed by atoms with Crippen LogP contribution in [0, 0.1) is 0 Å². The summed E-state index contributed by atoms with van der Waals surface area (Å²) in [7, 11) is 0. The zero-order chi connectivity index (χ0) is 13.7. The van der Waals surface area contributed by atoms with E-state index in [2.05, 4.69) is 21.5 Å². The van der Waals surface area contributed by atoms with Crippen LogP contribution in [-0.2, 0) is 0 Å². The summed E-state index contributed by atoms with van der Waals surface area (Å²) in [5, 5.41) is 12.8. The van der Waals surface area contributed by atoms with Crippen molar-refractivity contribution in [3.05, 3.63) is 30.0 Å². The van der Waals surface area contributed by atoms with Crippen LogP contribution in [0.1, 0.15) is 16.8 Å². The molecule has 0 spiro atoms. The summed E-state index contributed by atoms with van der Waals surface area (Å²) in [5.74, 6) is 0.737. The lowest BCUT2D eigenvalue weighted by Gasteiger charge is -2.05. The van der Waals surface area contributed by atoms with Gasteiger partial charge in [0.1, 0.15) is 0 Å². The quantitative estimate of drug-likeness (QED) is 0.790. The summed E-state index contributed by atoms with van der Waals surface area (Å²) >= 11 is 1.81. The van der Waals surface area contributed by atoms with Crippen LogP contribution in [-0.4, -0.2) is 39.6 Å².